The fourth-order valence-electron chi connectivity index (χ4n) is 5.11. The van der Waals surface area contributed by atoms with Crippen LogP contribution < -0.4 is 14.4 Å². The maximum atomic E-state index is 13.7. The van der Waals surface area contributed by atoms with Crippen molar-refractivity contribution >= 4 is 26.6 Å². The van der Waals surface area contributed by atoms with Crippen LogP contribution in [0.15, 0.2) is 77.8 Å². The number of para-hydroxylation sites is 2. The minimum Gasteiger partial charge on any atom is -0.497 e. The lowest BCUT2D eigenvalue weighted by atomic mass is 10.0. The molecule has 5 rings (SSSR count). The summed E-state index contributed by atoms with van der Waals surface area (Å²) in [6.07, 6.45) is 1.78. The Hall–Kier alpha value is -3.49. The number of benzene rings is 3. The number of fused-ring (bicyclic) bond motifs is 1. The first-order valence-electron chi connectivity index (χ1n) is 13.0. The Bertz CT molecular complexity index is 1520. The van der Waals surface area contributed by atoms with Crippen LogP contribution in [0.1, 0.15) is 30.9 Å². The van der Waals surface area contributed by atoms with Crippen molar-refractivity contribution in [3.63, 3.8) is 0 Å². The van der Waals surface area contributed by atoms with Crippen molar-refractivity contribution in [2.75, 3.05) is 45.3 Å². The summed E-state index contributed by atoms with van der Waals surface area (Å²) in [6, 6.07) is 20.9. The van der Waals surface area contributed by atoms with Gasteiger partial charge in [-0.25, -0.2) is 12.4 Å². The highest BCUT2D eigenvalue weighted by atomic mass is 32.2. The van der Waals surface area contributed by atoms with Crippen LogP contribution >= 0.6 is 0 Å². The van der Waals surface area contributed by atoms with Crippen LogP contribution in [-0.2, 0) is 16.6 Å². The van der Waals surface area contributed by atoms with E-state index in [2.05, 4.69) is 29.7 Å². The monoisotopic (exact) mass is 533 g/mol. The molecule has 1 aliphatic rings. The van der Waals surface area contributed by atoms with E-state index in [4.69, 9.17) is 9.47 Å². The zero-order valence-corrected chi connectivity index (χ0v) is 23.2. The highest BCUT2D eigenvalue weighted by Gasteiger charge is 2.25. The number of aromatic nitrogens is 1. The normalized spacial score (nSPS) is 14.8. The molecule has 7 nitrogen and oxygen atoms in total. The van der Waals surface area contributed by atoms with E-state index in [-0.39, 0.29) is 4.90 Å². The molecule has 3 aromatic carbocycles. The smallest absolute Gasteiger partial charge is 0.268 e. The third-order valence-electron chi connectivity index (χ3n) is 7.36. The molecule has 0 unspecified atom stereocenters. The minimum absolute atomic E-state index is 0.284. The molecule has 1 aromatic heterocycles. The third-order valence-corrected chi connectivity index (χ3v) is 9.04. The number of rotatable bonds is 8. The lowest BCUT2D eigenvalue weighted by Crippen LogP contribution is -2.46. The molecule has 0 amide bonds. The zero-order valence-electron chi connectivity index (χ0n) is 22.4. The van der Waals surface area contributed by atoms with E-state index in [0.717, 1.165) is 54.1 Å². The van der Waals surface area contributed by atoms with Gasteiger partial charge in [0.1, 0.15) is 11.5 Å². The van der Waals surface area contributed by atoms with E-state index in [0.29, 0.717) is 23.7 Å². The third kappa shape index (κ3) is 4.98. The first kappa shape index (κ1) is 26.1. The van der Waals surface area contributed by atoms with E-state index in [1.165, 1.54) is 3.97 Å². The summed E-state index contributed by atoms with van der Waals surface area (Å²) in [4.78, 5) is 4.99. The predicted molar refractivity (Wildman–Crippen MR) is 152 cm³/mol. The fraction of sp³-hybridized carbons (Fsp3) is 0.333. The Morgan fingerprint density at radius 3 is 2.24 bits per heavy atom. The number of piperazine rings is 1. The first-order chi connectivity index (χ1) is 18.3. The van der Waals surface area contributed by atoms with Gasteiger partial charge in [-0.05, 0) is 59.5 Å². The second-order valence-electron chi connectivity index (χ2n) is 10.00. The molecule has 200 valence electrons. The molecular formula is C30H35N3O4S. The van der Waals surface area contributed by atoms with E-state index < -0.39 is 10.0 Å². The lowest BCUT2D eigenvalue weighted by Gasteiger charge is -2.36. The van der Waals surface area contributed by atoms with Gasteiger partial charge in [-0.1, -0.05) is 38.1 Å². The van der Waals surface area contributed by atoms with Crippen molar-refractivity contribution in [3.05, 3.63) is 84.1 Å². The van der Waals surface area contributed by atoms with Crippen LogP contribution in [-0.4, -0.2) is 57.7 Å². The van der Waals surface area contributed by atoms with E-state index >= 15 is 0 Å². The highest BCUT2D eigenvalue weighted by Crippen LogP contribution is 2.32. The van der Waals surface area contributed by atoms with Crippen molar-refractivity contribution in [2.45, 2.75) is 31.2 Å². The van der Waals surface area contributed by atoms with Crippen molar-refractivity contribution in [2.24, 2.45) is 0 Å². The molecular weight excluding hydrogens is 498 g/mol. The number of methoxy groups -OCH3 is 2. The van der Waals surface area contributed by atoms with E-state index in [1.54, 1.807) is 32.5 Å². The predicted octanol–water partition coefficient (Wildman–Crippen LogP) is 5.34. The molecule has 1 aliphatic heterocycles. The molecule has 0 aliphatic carbocycles. The van der Waals surface area contributed by atoms with Crippen molar-refractivity contribution in [1.82, 2.24) is 8.87 Å². The van der Waals surface area contributed by atoms with Crippen LogP contribution in [0.4, 0.5) is 5.69 Å². The Kier molecular flexibility index (Phi) is 7.36. The number of ether oxygens (including phenoxy) is 2. The van der Waals surface area contributed by atoms with E-state index in [1.807, 2.05) is 48.5 Å². The summed E-state index contributed by atoms with van der Waals surface area (Å²) in [7, 11) is -0.438. The van der Waals surface area contributed by atoms with Crippen LogP contribution in [0.2, 0.25) is 0 Å². The Labute approximate surface area is 225 Å². The minimum atomic E-state index is -3.76. The molecule has 0 atom stereocenters. The van der Waals surface area contributed by atoms with Gasteiger partial charge in [0.25, 0.3) is 10.0 Å². The van der Waals surface area contributed by atoms with Crippen LogP contribution in [0.5, 0.6) is 11.5 Å². The van der Waals surface area contributed by atoms with Gasteiger partial charge < -0.3 is 14.4 Å². The molecule has 38 heavy (non-hydrogen) atoms. The molecule has 2 heterocycles. The molecule has 0 N–H and O–H groups in total. The molecule has 8 heteroatoms. The second-order valence-corrected chi connectivity index (χ2v) is 11.8. The van der Waals surface area contributed by atoms with Crippen LogP contribution in [0.3, 0.4) is 0 Å². The van der Waals surface area contributed by atoms with Crippen molar-refractivity contribution in [1.29, 1.82) is 0 Å². The number of nitrogens with zero attached hydrogens (tertiary/aromatic N) is 3. The van der Waals surface area contributed by atoms with Crippen molar-refractivity contribution < 1.29 is 17.9 Å². The second kappa shape index (κ2) is 10.7. The quantitative estimate of drug-likeness (QED) is 0.305. The molecule has 4 aromatic rings. The van der Waals surface area contributed by atoms with Gasteiger partial charge in [0, 0.05) is 44.3 Å². The Morgan fingerprint density at radius 2 is 1.58 bits per heavy atom. The van der Waals surface area contributed by atoms with Crippen molar-refractivity contribution in [3.8, 4) is 11.5 Å². The van der Waals surface area contributed by atoms with Crippen LogP contribution in [0, 0.1) is 0 Å². The standard InChI is InChI=1S/C30H35N3O4S/c1-22(2)23-9-12-26(13-10-23)38(34,35)33-21-24(27-19-25(36-3)11-14-28(27)33)20-31-15-17-32(18-16-31)29-7-5-6-8-30(29)37-4/h5-14,19,21-22H,15-18,20H2,1-4H3. The van der Waals surface area contributed by atoms with Gasteiger partial charge in [0.2, 0.25) is 0 Å². The summed E-state index contributed by atoms with van der Waals surface area (Å²) in [6.45, 7) is 8.29. The molecule has 0 radical (unpaired) electrons. The van der Waals surface area contributed by atoms with Crippen LogP contribution in [0.25, 0.3) is 10.9 Å². The zero-order chi connectivity index (χ0) is 26.9. The highest BCUT2D eigenvalue weighted by molar-refractivity contribution is 7.90. The lowest BCUT2D eigenvalue weighted by molar-refractivity contribution is 0.250. The SMILES string of the molecule is COc1ccc2c(c1)c(CN1CCN(c3ccccc3OC)CC1)cn2S(=O)(=O)c1ccc(C(C)C)cc1. The maximum Gasteiger partial charge on any atom is 0.268 e. The number of hydrogen-bond acceptors (Lipinski definition) is 6. The Balaban J connectivity index is 1.43. The average Bonchev–Trinajstić information content (AvgIpc) is 3.31. The average molecular weight is 534 g/mol. The summed E-state index contributed by atoms with van der Waals surface area (Å²) in [5.74, 6) is 1.92. The number of hydrogen-bond donors (Lipinski definition) is 0. The summed E-state index contributed by atoms with van der Waals surface area (Å²) >= 11 is 0. The van der Waals surface area contributed by atoms with Gasteiger partial charge >= 0.3 is 0 Å². The first-order valence-corrected chi connectivity index (χ1v) is 14.4. The number of anilines is 1. The fourth-order valence-corrected chi connectivity index (χ4v) is 6.51. The van der Waals surface area contributed by atoms with Gasteiger partial charge in [-0.3, -0.25) is 4.90 Å². The van der Waals surface area contributed by atoms with Gasteiger partial charge in [0.05, 0.1) is 30.3 Å². The molecule has 1 saturated heterocycles. The van der Waals surface area contributed by atoms with Gasteiger partial charge in [-0.2, -0.15) is 0 Å². The summed E-state index contributed by atoms with van der Waals surface area (Å²) in [5.41, 5.74) is 3.83. The molecule has 0 spiro atoms. The topological polar surface area (TPSA) is 64.0 Å². The Morgan fingerprint density at radius 1 is 0.868 bits per heavy atom. The van der Waals surface area contributed by atoms with E-state index in [9.17, 15) is 8.42 Å². The maximum absolute atomic E-state index is 13.7. The molecule has 0 bridgehead atoms. The molecule has 0 saturated carbocycles. The summed E-state index contributed by atoms with van der Waals surface area (Å²) in [5, 5.41) is 0.888. The van der Waals surface area contributed by atoms with Gasteiger partial charge in [-0.15, -0.1) is 0 Å². The van der Waals surface area contributed by atoms with Gasteiger partial charge in [0.15, 0.2) is 0 Å². The summed E-state index contributed by atoms with van der Waals surface area (Å²) < 4.78 is 40.0. The molecule has 1 fully saturated rings. The largest absolute Gasteiger partial charge is 0.497 e.